The van der Waals surface area contributed by atoms with Gasteiger partial charge < -0.3 is 0 Å². The Balaban J connectivity index is 3.41. The Labute approximate surface area is 74.6 Å². The molecule has 0 aromatic rings. The standard InChI is InChI=1S/C8H17.2FH.Ga/c1-4-6-7-8(3)5-2;;;/h8H,3-7H2,1-2H3;2*1H;/q;;;+2/p-2. The van der Waals surface area contributed by atoms with Crippen LogP contribution in [0.3, 0.4) is 0 Å². The zero-order valence-electron chi connectivity index (χ0n) is 7.45. The van der Waals surface area contributed by atoms with Gasteiger partial charge in [-0.3, -0.25) is 0 Å². The van der Waals surface area contributed by atoms with Crippen LogP contribution in [0.2, 0.25) is 4.98 Å². The molecular weight excluding hydrogens is 204 g/mol. The summed E-state index contributed by atoms with van der Waals surface area (Å²) in [7, 11) is 0. The van der Waals surface area contributed by atoms with Crippen LogP contribution in [0.15, 0.2) is 0 Å². The van der Waals surface area contributed by atoms with Gasteiger partial charge in [-0.1, -0.05) is 0 Å². The second-order valence-corrected chi connectivity index (χ2v) is 5.67. The molecule has 0 radical (unpaired) electrons. The summed E-state index contributed by atoms with van der Waals surface area (Å²) in [4.78, 5) is 0.281. The van der Waals surface area contributed by atoms with Crippen molar-refractivity contribution in [1.82, 2.24) is 0 Å². The minimum absolute atomic E-state index is 0.281. The Hall–Kier alpha value is 0.496. The number of halogens is 2. The summed E-state index contributed by atoms with van der Waals surface area (Å²) >= 11 is -3.70. The summed E-state index contributed by atoms with van der Waals surface area (Å²) in [5.41, 5.74) is 0. The Morgan fingerprint density at radius 2 is 1.91 bits per heavy atom. The maximum atomic E-state index is 12.1. The average molecular weight is 221 g/mol. The van der Waals surface area contributed by atoms with E-state index in [0.717, 1.165) is 25.7 Å². The normalized spacial score (nSPS) is 13.1. The van der Waals surface area contributed by atoms with E-state index in [-0.39, 0.29) is 4.98 Å². The third kappa shape index (κ3) is 6.88. The minimum atomic E-state index is -3.70. The van der Waals surface area contributed by atoms with Gasteiger partial charge in [-0.2, -0.15) is 0 Å². The molecule has 0 bridgehead atoms. The first-order valence-electron chi connectivity index (χ1n) is 4.48. The zero-order valence-corrected chi connectivity index (χ0v) is 9.87. The van der Waals surface area contributed by atoms with Crippen molar-refractivity contribution < 1.29 is 6.57 Å². The molecule has 0 aliphatic rings. The molecule has 0 amide bonds. The summed E-state index contributed by atoms with van der Waals surface area (Å²) in [5.74, 6) is 0.329. The fraction of sp³-hybridized carbons (Fsp3) is 1.00. The first-order chi connectivity index (χ1) is 5.20. The van der Waals surface area contributed by atoms with Crippen molar-refractivity contribution >= 4 is 17.2 Å². The van der Waals surface area contributed by atoms with Gasteiger partial charge in [0.25, 0.3) is 0 Å². The molecule has 0 nitrogen and oxygen atoms in total. The van der Waals surface area contributed by atoms with Gasteiger partial charge in [0.1, 0.15) is 0 Å². The first kappa shape index (κ1) is 11.5. The molecule has 3 heteroatoms. The van der Waals surface area contributed by atoms with E-state index < -0.39 is 17.2 Å². The van der Waals surface area contributed by atoms with Crippen LogP contribution in [0.1, 0.15) is 39.5 Å². The van der Waals surface area contributed by atoms with E-state index in [2.05, 4.69) is 6.92 Å². The van der Waals surface area contributed by atoms with Gasteiger partial charge in [-0.25, -0.2) is 0 Å². The van der Waals surface area contributed by atoms with Gasteiger partial charge in [0, 0.05) is 0 Å². The number of hydrogen-bond donors (Lipinski definition) is 0. The van der Waals surface area contributed by atoms with Crippen molar-refractivity contribution in [2.24, 2.45) is 5.92 Å². The summed E-state index contributed by atoms with van der Waals surface area (Å²) in [6.07, 6.45) is 4.21. The van der Waals surface area contributed by atoms with Gasteiger partial charge in [0.15, 0.2) is 0 Å². The van der Waals surface area contributed by atoms with Gasteiger partial charge in [0.2, 0.25) is 0 Å². The molecule has 1 atom stereocenters. The van der Waals surface area contributed by atoms with E-state index >= 15 is 0 Å². The third-order valence-electron chi connectivity index (χ3n) is 2.05. The van der Waals surface area contributed by atoms with E-state index in [4.69, 9.17) is 0 Å². The van der Waals surface area contributed by atoms with E-state index in [0.29, 0.717) is 5.92 Å². The Kier molecular flexibility index (Phi) is 7.49. The van der Waals surface area contributed by atoms with Crippen molar-refractivity contribution in [1.29, 1.82) is 0 Å². The topological polar surface area (TPSA) is 0 Å². The molecular formula is C8H17F2Ga. The molecule has 0 N–H and O–H groups in total. The molecule has 66 valence electrons. The predicted molar refractivity (Wildman–Crippen MR) is 46.1 cm³/mol. The van der Waals surface area contributed by atoms with Crippen molar-refractivity contribution in [3.8, 4) is 0 Å². The van der Waals surface area contributed by atoms with Crippen LogP contribution in [0.5, 0.6) is 0 Å². The van der Waals surface area contributed by atoms with Gasteiger partial charge in [-0.15, -0.1) is 0 Å². The molecule has 1 unspecified atom stereocenters. The quantitative estimate of drug-likeness (QED) is 0.600. The Bertz CT molecular complexity index is 86.2. The van der Waals surface area contributed by atoms with E-state index in [1.807, 2.05) is 6.92 Å². The fourth-order valence-electron chi connectivity index (χ4n) is 1.23. The van der Waals surface area contributed by atoms with Gasteiger partial charge in [0.05, 0.1) is 0 Å². The first-order valence-corrected chi connectivity index (χ1v) is 8.03. The summed E-state index contributed by atoms with van der Waals surface area (Å²) in [5, 5.41) is 0. The predicted octanol–water partition coefficient (Wildman–Crippen LogP) is 3.63. The number of unbranched alkanes of at least 4 members (excludes halogenated alkanes) is 1. The maximum absolute atomic E-state index is 12.1. The van der Waals surface area contributed by atoms with Crippen molar-refractivity contribution in [3.63, 3.8) is 0 Å². The third-order valence-corrected chi connectivity index (χ3v) is 4.20. The van der Waals surface area contributed by atoms with Crippen LogP contribution in [-0.2, 0) is 0 Å². The molecule has 0 spiro atoms. The van der Waals surface area contributed by atoms with Gasteiger partial charge >= 0.3 is 74.2 Å². The van der Waals surface area contributed by atoms with Crippen LogP contribution in [0, 0.1) is 5.92 Å². The number of hydrogen-bond acceptors (Lipinski definition) is 0. The molecule has 0 aromatic carbocycles. The summed E-state index contributed by atoms with van der Waals surface area (Å²) in [6, 6.07) is 0. The molecule has 11 heavy (non-hydrogen) atoms. The van der Waals surface area contributed by atoms with Crippen molar-refractivity contribution in [2.45, 2.75) is 44.5 Å². The molecule has 0 heterocycles. The Morgan fingerprint density at radius 3 is 2.27 bits per heavy atom. The van der Waals surface area contributed by atoms with Crippen molar-refractivity contribution in [2.75, 3.05) is 0 Å². The Morgan fingerprint density at radius 1 is 1.27 bits per heavy atom. The molecule has 0 fully saturated rings. The van der Waals surface area contributed by atoms with E-state index in [9.17, 15) is 6.57 Å². The summed E-state index contributed by atoms with van der Waals surface area (Å²) in [6.45, 7) is 4.13. The van der Waals surface area contributed by atoms with Crippen LogP contribution in [0.25, 0.3) is 0 Å². The zero-order chi connectivity index (χ0) is 8.69. The second kappa shape index (κ2) is 7.16. The van der Waals surface area contributed by atoms with Gasteiger partial charge in [-0.05, 0) is 0 Å². The van der Waals surface area contributed by atoms with Crippen LogP contribution >= 0.6 is 0 Å². The molecule has 0 saturated heterocycles. The molecule has 0 saturated carbocycles. The average Bonchev–Trinajstić information content (AvgIpc) is 1.97. The molecule has 0 aliphatic heterocycles. The number of rotatable bonds is 6. The van der Waals surface area contributed by atoms with Crippen LogP contribution in [-0.4, -0.2) is 17.2 Å². The van der Waals surface area contributed by atoms with Crippen molar-refractivity contribution in [3.05, 3.63) is 0 Å². The molecule has 0 aliphatic carbocycles. The van der Waals surface area contributed by atoms with E-state index in [1.165, 1.54) is 0 Å². The second-order valence-electron chi connectivity index (χ2n) is 3.04. The fourth-order valence-corrected chi connectivity index (χ4v) is 3.48. The molecule has 0 rings (SSSR count). The summed E-state index contributed by atoms with van der Waals surface area (Å²) < 4.78 is 24.2. The monoisotopic (exact) mass is 220 g/mol. The van der Waals surface area contributed by atoms with Crippen LogP contribution < -0.4 is 0 Å². The SMILES string of the molecule is CCCCC(CC)[CH2][Ga]([F])[F]. The molecule has 0 aromatic heterocycles. The van der Waals surface area contributed by atoms with E-state index in [1.54, 1.807) is 0 Å². The van der Waals surface area contributed by atoms with Crippen LogP contribution in [0.4, 0.5) is 6.57 Å².